The van der Waals surface area contributed by atoms with Gasteiger partial charge in [0.2, 0.25) is 17.7 Å². The van der Waals surface area contributed by atoms with Gasteiger partial charge in [-0.05, 0) is 64.5 Å². The summed E-state index contributed by atoms with van der Waals surface area (Å²) < 4.78 is 6.85. The smallest absolute Gasteiger partial charge is 0.249 e. The Hall–Kier alpha value is -2.97. The first-order valence-corrected chi connectivity index (χ1v) is 15.1. The van der Waals surface area contributed by atoms with E-state index in [1.54, 1.807) is 28.9 Å². The molecule has 0 aliphatic carbocycles. The molecule has 230 valence electrons. The van der Waals surface area contributed by atoms with Crippen LogP contribution >= 0.6 is 0 Å². The first-order chi connectivity index (χ1) is 19.6. The molecule has 0 radical (unpaired) electrons. The number of fused-ring (bicyclic) bond motifs is 1. The Balaban J connectivity index is 1.83. The fourth-order valence-electron chi connectivity index (χ4n) is 8.11. The lowest BCUT2D eigenvalue weighted by atomic mass is 9.65. The van der Waals surface area contributed by atoms with Gasteiger partial charge in [0.1, 0.15) is 11.6 Å². The van der Waals surface area contributed by atoms with Gasteiger partial charge < -0.3 is 24.5 Å². The van der Waals surface area contributed by atoms with Crippen LogP contribution in [0.15, 0.2) is 55.6 Å². The molecule has 3 saturated heterocycles. The Morgan fingerprint density at radius 1 is 1.10 bits per heavy atom. The second kappa shape index (κ2) is 11.3. The van der Waals surface area contributed by atoms with Gasteiger partial charge in [0.25, 0.3) is 0 Å². The predicted molar refractivity (Wildman–Crippen MR) is 165 cm³/mol. The molecule has 3 fully saturated rings. The van der Waals surface area contributed by atoms with Crippen LogP contribution in [0.4, 0.5) is 5.69 Å². The molecule has 3 aliphatic rings. The number of hydrogen-bond donors (Lipinski definition) is 1. The van der Waals surface area contributed by atoms with E-state index in [1.165, 1.54) is 4.90 Å². The molecule has 8 nitrogen and oxygen atoms in total. The number of aliphatic hydroxyl groups excluding tert-OH is 1. The van der Waals surface area contributed by atoms with Gasteiger partial charge in [-0.1, -0.05) is 51.1 Å². The van der Waals surface area contributed by atoms with Crippen molar-refractivity contribution in [1.82, 2.24) is 9.80 Å². The fourth-order valence-corrected chi connectivity index (χ4v) is 8.11. The Morgan fingerprint density at radius 2 is 1.71 bits per heavy atom. The minimum atomic E-state index is -1.18. The molecular formula is C34H49N3O5. The molecule has 8 heteroatoms. The Labute approximate surface area is 251 Å². The highest BCUT2D eigenvalue weighted by atomic mass is 16.5. The van der Waals surface area contributed by atoms with Gasteiger partial charge in [0.05, 0.1) is 30.1 Å². The van der Waals surface area contributed by atoms with Crippen molar-refractivity contribution in [2.24, 2.45) is 17.3 Å². The van der Waals surface area contributed by atoms with Gasteiger partial charge >= 0.3 is 0 Å². The van der Waals surface area contributed by atoms with Gasteiger partial charge in [0.15, 0.2) is 0 Å². The molecule has 3 aliphatic heterocycles. The standard InChI is InChI=1S/C34H49N3O5/c1-10-19-35(24-15-13-12-14-16-24)28(39)25-26-29(40)37(23(3)21-38)27(34(26)18-17-33(25,9)42-34)30(41)36(20-11-2)32(7,8)22-31(4,5)6/h10-16,23,25-27,38H,1-2,17-22H2,3-9H3/t23-,25-,26+,27?,33+,34?/m1/s1. The number of anilines is 1. The van der Waals surface area contributed by atoms with E-state index < -0.39 is 40.7 Å². The van der Waals surface area contributed by atoms with E-state index in [1.807, 2.05) is 51.1 Å². The number of aliphatic hydroxyl groups is 1. The van der Waals surface area contributed by atoms with E-state index in [4.69, 9.17) is 4.74 Å². The third-order valence-electron chi connectivity index (χ3n) is 9.37. The van der Waals surface area contributed by atoms with Crippen LogP contribution in [0, 0.1) is 17.3 Å². The first kappa shape index (κ1) is 32.0. The molecule has 6 atom stereocenters. The minimum Gasteiger partial charge on any atom is -0.394 e. The van der Waals surface area contributed by atoms with E-state index in [0.29, 0.717) is 25.1 Å². The largest absolute Gasteiger partial charge is 0.394 e. The van der Waals surface area contributed by atoms with Crippen molar-refractivity contribution in [2.75, 3.05) is 24.6 Å². The zero-order valence-corrected chi connectivity index (χ0v) is 26.4. The molecule has 1 aromatic carbocycles. The highest BCUT2D eigenvalue weighted by molar-refractivity contribution is 6.03. The molecular weight excluding hydrogens is 530 g/mol. The normalized spacial score (nSPS) is 29.3. The fraction of sp³-hybridized carbons (Fsp3) is 0.618. The van der Waals surface area contributed by atoms with Crippen LogP contribution in [-0.2, 0) is 19.1 Å². The van der Waals surface area contributed by atoms with Crippen LogP contribution in [0.1, 0.15) is 67.7 Å². The average Bonchev–Trinajstić information content (AvgIpc) is 3.48. The maximum absolute atomic E-state index is 14.8. The molecule has 2 bridgehead atoms. The first-order valence-electron chi connectivity index (χ1n) is 15.1. The third-order valence-corrected chi connectivity index (χ3v) is 9.37. The Kier molecular flexibility index (Phi) is 8.57. The quantitative estimate of drug-likeness (QED) is 0.388. The summed E-state index contributed by atoms with van der Waals surface area (Å²) in [4.78, 5) is 48.7. The summed E-state index contributed by atoms with van der Waals surface area (Å²) in [6.07, 6.45) is 5.12. The molecule has 1 aromatic rings. The van der Waals surface area contributed by atoms with Crippen molar-refractivity contribution in [3.05, 3.63) is 55.6 Å². The highest BCUT2D eigenvalue weighted by Gasteiger charge is 2.79. The molecule has 42 heavy (non-hydrogen) atoms. The molecule has 3 heterocycles. The molecule has 1 spiro atoms. The van der Waals surface area contributed by atoms with Crippen LogP contribution in [0.3, 0.4) is 0 Å². The zero-order chi connectivity index (χ0) is 31.3. The SMILES string of the molecule is C=CCN(C(=O)[C@H]1[C@H]2C(=O)N([C@H](C)CO)C(C(=O)N(CC=C)C(C)(C)CC(C)(C)C)C23CC[C@]1(C)O3)c1ccccc1. The number of carbonyl (C=O) groups is 3. The van der Waals surface area contributed by atoms with Crippen LogP contribution < -0.4 is 4.90 Å². The molecule has 0 saturated carbocycles. The van der Waals surface area contributed by atoms with Crippen LogP contribution in [0.5, 0.6) is 0 Å². The van der Waals surface area contributed by atoms with Crippen molar-refractivity contribution in [1.29, 1.82) is 0 Å². The second-order valence-corrected chi connectivity index (χ2v) is 14.4. The zero-order valence-electron chi connectivity index (χ0n) is 26.4. The summed E-state index contributed by atoms with van der Waals surface area (Å²) in [6.45, 7) is 22.2. The summed E-state index contributed by atoms with van der Waals surface area (Å²) in [6, 6.07) is 7.74. The van der Waals surface area contributed by atoms with Gasteiger partial charge in [-0.25, -0.2) is 0 Å². The van der Waals surface area contributed by atoms with E-state index in [0.717, 1.165) is 6.42 Å². The molecule has 0 aromatic heterocycles. The third kappa shape index (κ3) is 5.21. The van der Waals surface area contributed by atoms with Crippen molar-refractivity contribution in [2.45, 2.75) is 96.6 Å². The van der Waals surface area contributed by atoms with E-state index in [2.05, 4.69) is 33.9 Å². The number of amides is 3. The Bertz CT molecular complexity index is 1220. The summed E-state index contributed by atoms with van der Waals surface area (Å²) in [7, 11) is 0. The number of ether oxygens (including phenoxy) is 1. The van der Waals surface area contributed by atoms with E-state index >= 15 is 0 Å². The maximum Gasteiger partial charge on any atom is 0.249 e. The van der Waals surface area contributed by atoms with Gasteiger partial charge in [-0.3, -0.25) is 14.4 Å². The van der Waals surface area contributed by atoms with Crippen molar-refractivity contribution in [3.8, 4) is 0 Å². The minimum absolute atomic E-state index is 0.0626. The second-order valence-electron chi connectivity index (χ2n) is 14.4. The molecule has 4 rings (SSSR count). The number of benzene rings is 1. The van der Waals surface area contributed by atoms with E-state index in [9.17, 15) is 19.5 Å². The van der Waals surface area contributed by atoms with Crippen molar-refractivity contribution < 1.29 is 24.2 Å². The Morgan fingerprint density at radius 3 is 2.26 bits per heavy atom. The van der Waals surface area contributed by atoms with Crippen LogP contribution in [0.25, 0.3) is 0 Å². The van der Waals surface area contributed by atoms with Crippen LogP contribution in [0.2, 0.25) is 0 Å². The summed E-state index contributed by atoms with van der Waals surface area (Å²) in [5, 5.41) is 10.3. The molecule has 1 N–H and O–H groups in total. The summed E-state index contributed by atoms with van der Waals surface area (Å²) in [5.74, 6) is -2.40. The lowest BCUT2D eigenvalue weighted by Crippen LogP contribution is -2.62. The lowest BCUT2D eigenvalue weighted by Gasteiger charge is -2.46. The number of nitrogens with zero attached hydrogens (tertiary/aromatic N) is 3. The maximum atomic E-state index is 14.8. The highest BCUT2D eigenvalue weighted by Crippen LogP contribution is 2.64. The topological polar surface area (TPSA) is 90.4 Å². The number of rotatable bonds is 11. The van der Waals surface area contributed by atoms with Crippen LogP contribution in [-0.4, -0.2) is 81.1 Å². The number of para-hydroxylation sites is 1. The van der Waals surface area contributed by atoms with E-state index in [-0.39, 0.29) is 36.3 Å². The number of likely N-dealkylation sites (tertiary alicyclic amines) is 1. The number of hydrogen-bond acceptors (Lipinski definition) is 5. The predicted octanol–water partition coefficient (Wildman–Crippen LogP) is 4.58. The summed E-state index contributed by atoms with van der Waals surface area (Å²) >= 11 is 0. The number of carbonyl (C=O) groups excluding carboxylic acids is 3. The van der Waals surface area contributed by atoms with Gasteiger partial charge in [-0.15, -0.1) is 13.2 Å². The van der Waals surface area contributed by atoms with Crippen molar-refractivity contribution in [3.63, 3.8) is 0 Å². The molecule has 3 amide bonds. The van der Waals surface area contributed by atoms with Gasteiger partial charge in [-0.2, -0.15) is 0 Å². The monoisotopic (exact) mass is 579 g/mol. The molecule has 2 unspecified atom stereocenters. The summed E-state index contributed by atoms with van der Waals surface area (Å²) in [5.41, 5.74) is -2.00. The average molecular weight is 580 g/mol. The van der Waals surface area contributed by atoms with Gasteiger partial charge in [0, 0.05) is 24.3 Å². The lowest BCUT2D eigenvalue weighted by molar-refractivity contribution is -0.158. The van der Waals surface area contributed by atoms with Crippen molar-refractivity contribution >= 4 is 23.4 Å².